The van der Waals surface area contributed by atoms with Crippen LogP contribution in [0.5, 0.6) is 0 Å². The van der Waals surface area contributed by atoms with Crippen molar-refractivity contribution < 1.29 is 4.39 Å². The molecule has 0 saturated carbocycles. The fourth-order valence-corrected chi connectivity index (χ4v) is 2.39. The van der Waals surface area contributed by atoms with Gasteiger partial charge in [-0.1, -0.05) is 31.5 Å². The summed E-state index contributed by atoms with van der Waals surface area (Å²) in [5.74, 6) is -0.145. The molecular formula is C15H25FN2. The molecule has 0 amide bonds. The third kappa shape index (κ3) is 3.79. The molecule has 0 spiro atoms. The molecule has 0 saturated heterocycles. The molecule has 0 heterocycles. The molecule has 1 atom stereocenters. The largest absolute Gasteiger partial charge is 0.329 e. The molecule has 1 rings (SSSR count). The molecule has 0 aromatic heterocycles. The summed E-state index contributed by atoms with van der Waals surface area (Å²) >= 11 is 0. The van der Waals surface area contributed by atoms with Crippen molar-refractivity contribution in [2.45, 2.75) is 39.7 Å². The Kier molecular flexibility index (Phi) is 6.30. The van der Waals surface area contributed by atoms with Crippen molar-refractivity contribution in [1.29, 1.82) is 0 Å². The first kappa shape index (κ1) is 15.1. The Labute approximate surface area is 110 Å². The molecule has 3 heteroatoms. The van der Waals surface area contributed by atoms with E-state index in [1.54, 1.807) is 12.1 Å². The molecule has 2 N–H and O–H groups in total. The first-order valence-corrected chi connectivity index (χ1v) is 6.84. The van der Waals surface area contributed by atoms with Gasteiger partial charge in [-0.05, 0) is 38.9 Å². The van der Waals surface area contributed by atoms with E-state index in [1.807, 2.05) is 13.0 Å². The lowest BCUT2D eigenvalue weighted by molar-refractivity contribution is 0.198. The molecule has 1 aromatic carbocycles. The highest BCUT2D eigenvalue weighted by Gasteiger charge is 2.20. The summed E-state index contributed by atoms with van der Waals surface area (Å²) in [6.45, 7) is 8.65. The van der Waals surface area contributed by atoms with E-state index >= 15 is 0 Å². The van der Waals surface area contributed by atoms with Crippen LogP contribution in [0.15, 0.2) is 18.2 Å². The van der Waals surface area contributed by atoms with Gasteiger partial charge in [0.15, 0.2) is 0 Å². The lowest BCUT2D eigenvalue weighted by Gasteiger charge is -2.31. The van der Waals surface area contributed by atoms with E-state index < -0.39 is 0 Å². The second-order valence-electron chi connectivity index (χ2n) is 4.81. The van der Waals surface area contributed by atoms with Gasteiger partial charge in [0.1, 0.15) is 5.82 Å². The minimum absolute atomic E-state index is 0.00944. The first-order chi connectivity index (χ1) is 8.63. The Hall–Kier alpha value is -0.930. The van der Waals surface area contributed by atoms with Crippen molar-refractivity contribution >= 4 is 0 Å². The molecule has 102 valence electrons. The quantitative estimate of drug-likeness (QED) is 0.807. The lowest BCUT2D eigenvalue weighted by Crippen LogP contribution is -2.35. The Balaban J connectivity index is 3.01. The van der Waals surface area contributed by atoms with Crippen molar-refractivity contribution in [2.24, 2.45) is 5.73 Å². The number of nitrogens with zero attached hydrogens (tertiary/aromatic N) is 1. The van der Waals surface area contributed by atoms with E-state index in [1.165, 1.54) is 0 Å². The maximum atomic E-state index is 14.0. The number of hydrogen-bond donors (Lipinski definition) is 1. The third-order valence-electron chi connectivity index (χ3n) is 3.20. The van der Waals surface area contributed by atoms with Gasteiger partial charge >= 0.3 is 0 Å². The first-order valence-electron chi connectivity index (χ1n) is 6.84. The van der Waals surface area contributed by atoms with Crippen LogP contribution in [0, 0.1) is 12.7 Å². The Morgan fingerprint density at radius 1 is 1.22 bits per heavy atom. The highest BCUT2D eigenvalue weighted by Crippen LogP contribution is 2.24. The number of rotatable bonds is 7. The van der Waals surface area contributed by atoms with E-state index in [0.717, 1.165) is 37.1 Å². The predicted octanol–water partition coefficient (Wildman–Crippen LogP) is 3.26. The van der Waals surface area contributed by atoms with Gasteiger partial charge in [-0.2, -0.15) is 0 Å². The smallest absolute Gasteiger partial charge is 0.128 e. The fourth-order valence-electron chi connectivity index (χ4n) is 2.39. The molecule has 0 bridgehead atoms. The second-order valence-corrected chi connectivity index (χ2v) is 4.81. The normalized spacial score (nSPS) is 13.0. The van der Waals surface area contributed by atoms with E-state index in [9.17, 15) is 4.39 Å². The van der Waals surface area contributed by atoms with E-state index in [2.05, 4.69) is 18.7 Å². The van der Waals surface area contributed by atoms with E-state index in [-0.39, 0.29) is 11.9 Å². The number of aryl methyl sites for hydroxylation is 1. The van der Waals surface area contributed by atoms with Crippen molar-refractivity contribution in [2.75, 3.05) is 19.6 Å². The monoisotopic (exact) mass is 252 g/mol. The van der Waals surface area contributed by atoms with Crippen LogP contribution < -0.4 is 5.73 Å². The Bertz CT molecular complexity index is 360. The maximum absolute atomic E-state index is 14.0. The van der Waals surface area contributed by atoms with Gasteiger partial charge in [-0.15, -0.1) is 0 Å². The highest BCUT2D eigenvalue weighted by atomic mass is 19.1. The molecule has 0 fully saturated rings. The van der Waals surface area contributed by atoms with Crippen molar-refractivity contribution in [3.63, 3.8) is 0 Å². The molecule has 2 nitrogen and oxygen atoms in total. The van der Waals surface area contributed by atoms with Crippen LogP contribution in [-0.2, 0) is 0 Å². The number of benzene rings is 1. The van der Waals surface area contributed by atoms with Gasteiger partial charge in [0, 0.05) is 18.2 Å². The zero-order valence-corrected chi connectivity index (χ0v) is 11.7. The lowest BCUT2D eigenvalue weighted by atomic mass is 10.0. The standard InChI is InChI=1S/C15H25FN2/c1-4-8-18(9-5-2)15(11-17)13-10-12(3)6-7-14(13)16/h6-7,10,15H,4-5,8-9,11,17H2,1-3H3. The zero-order chi connectivity index (χ0) is 13.5. The van der Waals surface area contributed by atoms with Crippen LogP contribution in [0.1, 0.15) is 43.9 Å². The molecule has 18 heavy (non-hydrogen) atoms. The van der Waals surface area contributed by atoms with Gasteiger partial charge < -0.3 is 5.73 Å². The Morgan fingerprint density at radius 2 is 1.83 bits per heavy atom. The van der Waals surface area contributed by atoms with Crippen LogP contribution in [0.3, 0.4) is 0 Å². The van der Waals surface area contributed by atoms with Crippen LogP contribution in [-0.4, -0.2) is 24.5 Å². The molecule has 1 aromatic rings. The van der Waals surface area contributed by atoms with Gasteiger partial charge in [0.25, 0.3) is 0 Å². The summed E-state index contributed by atoms with van der Waals surface area (Å²) < 4.78 is 14.0. The molecule has 0 radical (unpaired) electrons. The predicted molar refractivity (Wildman–Crippen MR) is 75.1 cm³/mol. The van der Waals surface area contributed by atoms with Crippen LogP contribution in [0.2, 0.25) is 0 Å². The molecule has 0 aliphatic rings. The summed E-state index contributed by atoms with van der Waals surface area (Å²) in [5, 5.41) is 0. The summed E-state index contributed by atoms with van der Waals surface area (Å²) in [6, 6.07) is 5.26. The van der Waals surface area contributed by atoms with Gasteiger partial charge in [0.2, 0.25) is 0 Å². The van der Waals surface area contributed by atoms with E-state index in [4.69, 9.17) is 5.73 Å². The average Bonchev–Trinajstić information content (AvgIpc) is 2.35. The average molecular weight is 252 g/mol. The number of hydrogen-bond acceptors (Lipinski definition) is 2. The fraction of sp³-hybridized carbons (Fsp3) is 0.600. The van der Waals surface area contributed by atoms with Gasteiger partial charge in [-0.3, -0.25) is 4.90 Å². The number of nitrogens with two attached hydrogens (primary N) is 1. The Morgan fingerprint density at radius 3 is 2.33 bits per heavy atom. The third-order valence-corrected chi connectivity index (χ3v) is 3.20. The zero-order valence-electron chi connectivity index (χ0n) is 11.7. The molecular weight excluding hydrogens is 227 g/mol. The number of halogens is 1. The van der Waals surface area contributed by atoms with Crippen LogP contribution in [0.4, 0.5) is 4.39 Å². The van der Waals surface area contributed by atoms with Gasteiger partial charge in [-0.25, -0.2) is 4.39 Å². The molecule has 0 aliphatic carbocycles. The summed E-state index contributed by atoms with van der Waals surface area (Å²) in [4.78, 5) is 2.29. The van der Waals surface area contributed by atoms with E-state index in [0.29, 0.717) is 6.54 Å². The van der Waals surface area contributed by atoms with Crippen LogP contribution in [0.25, 0.3) is 0 Å². The molecule has 0 aliphatic heterocycles. The minimum atomic E-state index is -0.145. The van der Waals surface area contributed by atoms with Crippen molar-refractivity contribution in [1.82, 2.24) is 4.90 Å². The van der Waals surface area contributed by atoms with Gasteiger partial charge in [0.05, 0.1) is 0 Å². The van der Waals surface area contributed by atoms with Crippen molar-refractivity contribution in [3.05, 3.63) is 35.1 Å². The second kappa shape index (κ2) is 7.49. The summed E-state index contributed by atoms with van der Waals surface area (Å²) in [7, 11) is 0. The molecule has 1 unspecified atom stereocenters. The van der Waals surface area contributed by atoms with Crippen molar-refractivity contribution in [3.8, 4) is 0 Å². The summed E-state index contributed by atoms with van der Waals surface area (Å²) in [6.07, 6.45) is 2.12. The SMILES string of the molecule is CCCN(CCC)C(CN)c1cc(C)ccc1F. The van der Waals surface area contributed by atoms with Crippen LogP contribution >= 0.6 is 0 Å². The topological polar surface area (TPSA) is 29.3 Å². The highest BCUT2D eigenvalue weighted by molar-refractivity contribution is 5.27. The summed E-state index contributed by atoms with van der Waals surface area (Å²) in [5.41, 5.74) is 7.69. The minimum Gasteiger partial charge on any atom is -0.329 e. The maximum Gasteiger partial charge on any atom is 0.128 e.